The molecule has 3 heteroatoms. The lowest BCUT2D eigenvalue weighted by Crippen LogP contribution is -2.33. The van der Waals surface area contributed by atoms with E-state index in [1.807, 2.05) is 27.7 Å². The second kappa shape index (κ2) is 9.08. The van der Waals surface area contributed by atoms with Gasteiger partial charge in [-0.1, -0.05) is 41.5 Å². The lowest BCUT2D eigenvalue weighted by atomic mass is 9.94. The average Bonchev–Trinajstić information content (AvgIpc) is 2.11. The molecule has 1 rings (SSSR count). The van der Waals surface area contributed by atoms with E-state index in [1.165, 1.54) is 7.69 Å². The molecule has 1 saturated heterocycles. The van der Waals surface area contributed by atoms with Crippen molar-refractivity contribution >= 4 is 7.69 Å². The standard InChI is InChI=1S/C5H10BO2.2C2H6/c1-5(2)3-7-6-8-4-5;2*1-2/h3-4H2,1-2H3;2*1-2H3. The Hall–Kier alpha value is -0.0151. The summed E-state index contributed by atoms with van der Waals surface area (Å²) in [5.41, 5.74) is 0.203. The SMILES string of the molecule is CC.CC.CC1(C)CO[B]OC1. The van der Waals surface area contributed by atoms with Crippen molar-refractivity contribution in [1.29, 1.82) is 0 Å². The fraction of sp³-hybridized carbons (Fsp3) is 1.00. The van der Waals surface area contributed by atoms with Crippen molar-refractivity contribution in [3.05, 3.63) is 0 Å². The van der Waals surface area contributed by atoms with Crippen LogP contribution in [0, 0.1) is 5.41 Å². The Kier molecular flexibility index (Phi) is 11.0. The van der Waals surface area contributed by atoms with E-state index in [0.29, 0.717) is 0 Å². The molecule has 1 heterocycles. The van der Waals surface area contributed by atoms with Crippen LogP contribution < -0.4 is 0 Å². The van der Waals surface area contributed by atoms with Gasteiger partial charge in [0.25, 0.3) is 0 Å². The predicted molar refractivity (Wildman–Crippen MR) is 54.1 cm³/mol. The minimum Gasteiger partial charge on any atom is -0.413 e. The van der Waals surface area contributed by atoms with E-state index in [9.17, 15) is 0 Å². The van der Waals surface area contributed by atoms with Crippen LogP contribution in [0.5, 0.6) is 0 Å². The van der Waals surface area contributed by atoms with E-state index in [1.54, 1.807) is 0 Å². The molecule has 0 saturated carbocycles. The van der Waals surface area contributed by atoms with Crippen LogP contribution in [0.2, 0.25) is 0 Å². The maximum Gasteiger partial charge on any atom is 0.488 e. The van der Waals surface area contributed by atoms with Crippen LogP contribution in [-0.4, -0.2) is 20.9 Å². The summed E-state index contributed by atoms with van der Waals surface area (Å²) in [5.74, 6) is 0. The summed E-state index contributed by atoms with van der Waals surface area (Å²) in [5, 5.41) is 0. The second-order valence-corrected chi connectivity index (χ2v) is 2.88. The maximum absolute atomic E-state index is 4.94. The third-order valence-electron chi connectivity index (χ3n) is 1.08. The molecule has 0 aromatic carbocycles. The Bertz CT molecular complexity index is 76.6. The smallest absolute Gasteiger partial charge is 0.413 e. The molecule has 0 amide bonds. The molecule has 0 aliphatic carbocycles. The molecule has 0 unspecified atom stereocenters. The van der Waals surface area contributed by atoms with Crippen molar-refractivity contribution < 1.29 is 9.31 Å². The van der Waals surface area contributed by atoms with Gasteiger partial charge in [0.2, 0.25) is 0 Å². The van der Waals surface area contributed by atoms with Gasteiger partial charge in [-0.2, -0.15) is 0 Å². The van der Waals surface area contributed by atoms with Crippen LogP contribution in [0.3, 0.4) is 0 Å². The Labute approximate surface area is 77.9 Å². The highest BCUT2D eigenvalue weighted by atomic mass is 16.6. The van der Waals surface area contributed by atoms with E-state index < -0.39 is 0 Å². The largest absolute Gasteiger partial charge is 0.488 e. The van der Waals surface area contributed by atoms with Gasteiger partial charge in [0.15, 0.2) is 0 Å². The molecule has 1 fully saturated rings. The number of hydrogen-bond acceptors (Lipinski definition) is 2. The monoisotopic (exact) mass is 173 g/mol. The van der Waals surface area contributed by atoms with Gasteiger partial charge in [-0.05, 0) is 0 Å². The zero-order chi connectivity index (χ0) is 10.0. The third-order valence-corrected chi connectivity index (χ3v) is 1.08. The summed E-state index contributed by atoms with van der Waals surface area (Å²) in [6, 6.07) is 0. The predicted octanol–water partition coefficient (Wildman–Crippen LogP) is 2.65. The van der Waals surface area contributed by atoms with Gasteiger partial charge < -0.3 is 9.31 Å². The molecule has 0 atom stereocenters. The van der Waals surface area contributed by atoms with Crippen LogP contribution in [0.25, 0.3) is 0 Å². The van der Waals surface area contributed by atoms with Crippen LogP contribution in [0.1, 0.15) is 41.5 Å². The number of rotatable bonds is 0. The molecular formula is C9H22BO2. The van der Waals surface area contributed by atoms with Gasteiger partial charge in [0.05, 0.1) is 0 Å². The molecule has 1 radical (unpaired) electrons. The summed E-state index contributed by atoms with van der Waals surface area (Å²) in [7, 11) is 1.41. The fourth-order valence-corrected chi connectivity index (χ4v) is 0.609. The maximum atomic E-state index is 4.94. The fourth-order valence-electron chi connectivity index (χ4n) is 0.609. The first-order valence-corrected chi connectivity index (χ1v) is 4.76. The summed E-state index contributed by atoms with van der Waals surface area (Å²) >= 11 is 0. The Morgan fingerprint density at radius 3 is 1.42 bits per heavy atom. The molecule has 2 nitrogen and oxygen atoms in total. The molecule has 1 aliphatic heterocycles. The molecule has 0 aromatic heterocycles. The first kappa shape index (κ1) is 14.5. The van der Waals surface area contributed by atoms with E-state index in [0.717, 1.165) is 13.2 Å². The Morgan fingerprint density at radius 1 is 0.917 bits per heavy atom. The number of hydrogen-bond donors (Lipinski definition) is 0. The van der Waals surface area contributed by atoms with Crippen molar-refractivity contribution in [3.8, 4) is 0 Å². The summed E-state index contributed by atoms with van der Waals surface area (Å²) in [6.45, 7) is 13.8. The summed E-state index contributed by atoms with van der Waals surface area (Å²) in [4.78, 5) is 0. The van der Waals surface area contributed by atoms with E-state index in [-0.39, 0.29) is 5.41 Å². The normalized spacial score (nSPS) is 18.8. The lowest BCUT2D eigenvalue weighted by molar-refractivity contribution is 0.0431. The van der Waals surface area contributed by atoms with E-state index in [4.69, 9.17) is 9.31 Å². The van der Waals surface area contributed by atoms with Crippen LogP contribution in [-0.2, 0) is 9.31 Å². The van der Waals surface area contributed by atoms with Crippen molar-refractivity contribution in [3.63, 3.8) is 0 Å². The van der Waals surface area contributed by atoms with Crippen LogP contribution in [0.15, 0.2) is 0 Å². The molecule has 0 aromatic rings. The first-order valence-electron chi connectivity index (χ1n) is 4.76. The molecule has 0 spiro atoms. The van der Waals surface area contributed by atoms with Crippen LogP contribution >= 0.6 is 0 Å². The van der Waals surface area contributed by atoms with Gasteiger partial charge >= 0.3 is 7.69 Å². The Morgan fingerprint density at radius 2 is 1.25 bits per heavy atom. The summed E-state index contributed by atoms with van der Waals surface area (Å²) in [6.07, 6.45) is 0. The van der Waals surface area contributed by atoms with Gasteiger partial charge in [0.1, 0.15) is 0 Å². The highest BCUT2D eigenvalue weighted by Gasteiger charge is 2.22. The zero-order valence-electron chi connectivity index (χ0n) is 9.31. The summed E-state index contributed by atoms with van der Waals surface area (Å²) < 4.78 is 9.88. The minimum atomic E-state index is 0.203. The second-order valence-electron chi connectivity index (χ2n) is 2.88. The first-order chi connectivity index (χ1) is 5.71. The quantitative estimate of drug-likeness (QED) is 0.524. The molecule has 73 valence electrons. The van der Waals surface area contributed by atoms with Crippen molar-refractivity contribution in [2.24, 2.45) is 5.41 Å². The van der Waals surface area contributed by atoms with Gasteiger partial charge in [-0.15, -0.1) is 0 Å². The minimum absolute atomic E-state index is 0.203. The van der Waals surface area contributed by atoms with Gasteiger partial charge in [-0.3, -0.25) is 0 Å². The third kappa shape index (κ3) is 8.09. The Balaban J connectivity index is 0. The zero-order valence-corrected chi connectivity index (χ0v) is 9.31. The van der Waals surface area contributed by atoms with Crippen molar-refractivity contribution in [1.82, 2.24) is 0 Å². The van der Waals surface area contributed by atoms with Gasteiger partial charge in [0, 0.05) is 18.6 Å². The molecular weight excluding hydrogens is 151 g/mol. The van der Waals surface area contributed by atoms with Crippen molar-refractivity contribution in [2.75, 3.05) is 13.2 Å². The molecule has 1 aliphatic rings. The lowest BCUT2D eigenvalue weighted by Gasteiger charge is -2.28. The highest BCUT2D eigenvalue weighted by molar-refractivity contribution is 6.18. The van der Waals surface area contributed by atoms with Crippen LogP contribution in [0.4, 0.5) is 0 Å². The van der Waals surface area contributed by atoms with Crippen molar-refractivity contribution in [2.45, 2.75) is 41.5 Å². The molecule has 0 bridgehead atoms. The van der Waals surface area contributed by atoms with E-state index >= 15 is 0 Å². The van der Waals surface area contributed by atoms with E-state index in [2.05, 4.69) is 13.8 Å². The topological polar surface area (TPSA) is 18.5 Å². The molecule has 0 N–H and O–H groups in total. The molecule has 12 heavy (non-hydrogen) atoms. The van der Waals surface area contributed by atoms with Gasteiger partial charge in [-0.25, -0.2) is 0 Å². The average molecular weight is 173 g/mol. The highest BCUT2D eigenvalue weighted by Crippen LogP contribution is 2.18.